The smallest absolute Gasteiger partial charge is 0.165 e. The lowest BCUT2D eigenvalue weighted by molar-refractivity contribution is 0.0975. The molecule has 0 amide bonds. The largest absolute Gasteiger partial charge is 0.294 e. The van der Waals surface area contributed by atoms with Crippen LogP contribution in [0, 0.1) is 5.92 Å². The summed E-state index contributed by atoms with van der Waals surface area (Å²) >= 11 is 0. The van der Waals surface area contributed by atoms with Gasteiger partial charge in [-0.1, -0.05) is 31.7 Å². The summed E-state index contributed by atoms with van der Waals surface area (Å²) in [6.07, 6.45) is 10.2. The Balaban J connectivity index is 1.77. The van der Waals surface area contributed by atoms with Gasteiger partial charge in [0, 0.05) is 24.4 Å². The van der Waals surface area contributed by atoms with E-state index in [0.717, 1.165) is 28.9 Å². The molecule has 1 heterocycles. The van der Waals surface area contributed by atoms with Crippen molar-refractivity contribution in [2.75, 3.05) is 0 Å². The molecule has 0 unspecified atom stereocenters. The highest BCUT2D eigenvalue weighted by Crippen LogP contribution is 2.29. The van der Waals surface area contributed by atoms with E-state index in [-0.39, 0.29) is 5.78 Å². The summed E-state index contributed by atoms with van der Waals surface area (Å²) in [6, 6.07) is 5.66. The minimum Gasteiger partial charge on any atom is -0.294 e. The first kappa shape index (κ1) is 12.3. The summed E-state index contributed by atoms with van der Waals surface area (Å²) in [7, 11) is 0. The standard InChI is InChI=1S/C16H18N2O/c19-15(9-8-12-4-1-2-5-12)13-6-3-7-14-16(13)18-11-10-17-14/h3,6-7,10-12H,1-2,4-5,8-9H2. The predicted octanol–water partition coefficient (Wildman–Crippen LogP) is 3.78. The van der Waals surface area contributed by atoms with Crippen molar-refractivity contribution in [3.8, 4) is 0 Å². The Morgan fingerprint density at radius 3 is 2.79 bits per heavy atom. The fourth-order valence-corrected chi connectivity index (χ4v) is 2.99. The molecule has 19 heavy (non-hydrogen) atoms. The van der Waals surface area contributed by atoms with Crippen molar-refractivity contribution in [3.63, 3.8) is 0 Å². The van der Waals surface area contributed by atoms with Crippen LogP contribution in [0.15, 0.2) is 30.6 Å². The molecule has 1 fully saturated rings. The van der Waals surface area contributed by atoms with E-state index >= 15 is 0 Å². The third-order valence-corrected chi connectivity index (χ3v) is 4.05. The molecule has 0 atom stereocenters. The number of benzene rings is 1. The van der Waals surface area contributed by atoms with Gasteiger partial charge in [-0.3, -0.25) is 14.8 Å². The van der Waals surface area contributed by atoms with Crippen molar-refractivity contribution in [2.45, 2.75) is 38.5 Å². The lowest BCUT2D eigenvalue weighted by Gasteiger charge is -2.08. The number of ketones is 1. The third-order valence-electron chi connectivity index (χ3n) is 4.05. The number of nitrogens with zero attached hydrogens (tertiary/aromatic N) is 2. The van der Waals surface area contributed by atoms with E-state index in [0.29, 0.717) is 6.42 Å². The lowest BCUT2D eigenvalue weighted by Crippen LogP contribution is -2.04. The number of carbonyl (C=O) groups excluding carboxylic acids is 1. The average Bonchev–Trinajstić information content (AvgIpc) is 2.97. The van der Waals surface area contributed by atoms with Crippen LogP contribution in [-0.2, 0) is 0 Å². The van der Waals surface area contributed by atoms with Gasteiger partial charge in [-0.15, -0.1) is 0 Å². The van der Waals surface area contributed by atoms with Crippen molar-refractivity contribution in [2.24, 2.45) is 5.92 Å². The summed E-state index contributed by atoms with van der Waals surface area (Å²) in [4.78, 5) is 20.9. The molecule has 98 valence electrons. The molecule has 2 aromatic rings. The second-order valence-corrected chi connectivity index (χ2v) is 5.34. The van der Waals surface area contributed by atoms with Crippen molar-refractivity contribution >= 4 is 16.8 Å². The predicted molar refractivity (Wildman–Crippen MR) is 75.1 cm³/mol. The van der Waals surface area contributed by atoms with Crippen LogP contribution in [-0.4, -0.2) is 15.8 Å². The Hall–Kier alpha value is -1.77. The van der Waals surface area contributed by atoms with Crippen LogP contribution in [0.3, 0.4) is 0 Å². The van der Waals surface area contributed by atoms with Crippen LogP contribution in [0.1, 0.15) is 48.9 Å². The summed E-state index contributed by atoms with van der Waals surface area (Å²) in [5, 5.41) is 0. The molecule has 0 N–H and O–H groups in total. The van der Waals surface area contributed by atoms with Crippen LogP contribution in [0.2, 0.25) is 0 Å². The van der Waals surface area contributed by atoms with Gasteiger partial charge >= 0.3 is 0 Å². The van der Waals surface area contributed by atoms with E-state index in [1.165, 1.54) is 25.7 Å². The van der Waals surface area contributed by atoms with E-state index in [1.807, 2.05) is 18.2 Å². The highest BCUT2D eigenvalue weighted by molar-refractivity contribution is 6.05. The molecular formula is C16H18N2O. The van der Waals surface area contributed by atoms with Crippen LogP contribution < -0.4 is 0 Å². The van der Waals surface area contributed by atoms with Crippen LogP contribution in [0.25, 0.3) is 11.0 Å². The normalized spacial score (nSPS) is 16.0. The number of hydrogen-bond donors (Lipinski definition) is 0. The molecule has 1 aromatic heterocycles. The first-order valence-corrected chi connectivity index (χ1v) is 7.07. The molecule has 0 bridgehead atoms. The quantitative estimate of drug-likeness (QED) is 0.780. The monoisotopic (exact) mass is 254 g/mol. The summed E-state index contributed by atoms with van der Waals surface area (Å²) in [5.74, 6) is 0.961. The van der Waals surface area contributed by atoms with Gasteiger partial charge in [-0.05, 0) is 24.5 Å². The maximum absolute atomic E-state index is 12.3. The summed E-state index contributed by atoms with van der Waals surface area (Å²) in [5.41, 5.74) is 2.26. The molecule has 1 aliphatic rings. The number of para-hydroxylation sites is 1. The summed E-state index contributed by atoms with van der Waals surface area (Å²) < 4.78 is 0. The van der Waals surface area contributed by atoms with E-state index in [2.05, 4.69) is 9.97 Å². The van der Waals surface area contributed by atoms with E-state index in [4.69, 9.17) is 0 Å². The zero-order chi connectivity index (χ0) is 13.1. The Labute approximate surface area is 113 Å². The number of carbonyl (C=O) groups is 1. The van der Waals surface area contributed by atoms with Gasteiger partial charge in [0.05, 0.1) is 11.0 Å². The first-order valence-electron chi connectivity index (χ1n) is 7.07. The molecule has 1 saturated carbocycles. The van der Waals surface area contributed by atoms with Crippen molar-refractivity contribution in [3.05, 3.63) is 36.2 Å². The second-order valence-electron chi connectivity index (χ2n) is 5.34. The molecule has 1 aromatic carbocycles. The Bertz CT molecular complexity index is 583. The highest BCUT2D eigenvalue weighted by Gasteiger charge is 2.18. The molecule has 0 radical (unpaired) electrons. The Morgan fingerprint density at radius 1 is 1.16 bits per heavy atom. The van der Waals surface area contributed by atoms with Gasteiger partial charge in [0.2, 0.25) is 0 Å². The van der Waals surface area contributed by atoms with E-state index in [9.17, 15) is 4.79 Å². The fourth-order valence-electron chi connectivity index (χ4n) is 2.99. The molecule has 3 rings (SSSR count). The Morgan fingerprint density at radius 2 is 1.95 bits per heavy atom. The van der Waals surface area contributed by atoms with Crippen molar-refractivity contribution in [1.29, 1.82) is 0 Å². The highest BCUT2D eigenvalue weighted by atomic mass is 16.1. The molecule has 0 saturated heterocycles. The average molecular weight is 254 g/mol. The molecule has 1 aliphatic carbocycles. The maximum Gasteiger partial charge on any atom is 0.165 e. The second kappa shape index (κ2) is 5.47. The van der Waals surface area contributed by atoms with Gasteiger partial charge in [0.1, 0.15) is 0 Å². The van der Waals surface area contributed by atoms with Crippen molar-refractivity contribution in [1.82, 2.24) is 9.97 Å². The first-order chi connectivity index (χ1) is 9.34. The SMILES string of the molecule is O=C(CCC1CCCC1)c1cccc2nccnc12. The number of fused-ring (bicyclic) bond motifs is 1. The van der Waals surface area contributed by atoms with Crippen molar-refractivity contribution < 1.29 is 4.79 Å². The van der Waals surface area contributed by atoms with E-state index in [1.54, 1.807) is 12.4 Å². The topological polar surface area (TPSA) is 42.9 Å². The number of hydrogen-bond acceptors (Lipinski definition) is 3. The molecule has 0 aliphatic heterocycles. The minimum absolute atomic E-state index is 0.206. The Kier molecular flexibility index (Phi) is 3.53. The zero-order valence-electron chi connectivity index (χ0n) is 11.0. The molecular weight excluding hydrogens is 236 g/mol. The number of rotatable bonds is 4. The number of aromatic nitrogens is 2. The van der Waals surface area contributed by atoms with Gasteiger partial charge in [0.15, 0.2) is 5.78 Å². The van der Waals surface area contributed by atoms with Gasteiger partial charge in [0.25, 0.3) is 0 Å². The van der Waals surface area contributed by atoms with Crippen LogP contribution >= 0.6 is 0 Å². The minimum atomic E-state index is 0.206. The lowest BCUT2D eigenvalue weighted by atomic mass is 9.97. The third kappa shape index (κ3) is 2.65. The van der Waals surface area contributed by atoms with Gasteiger partial charge < -0.3 is 0 Å². The molecule has 0 spiro atoms. The molecule has 3 heteroatoms. The summed E-state index contributed by atoms with van der Waals surface area (Å²) in [6.45, 7) is 0. The number of Topliss-reactive ketones (excluding diaryl/α,β-unsaturated/α-hetero) is 1. The van der Waals surface area contributed by atoms with Crippen LogP contribution in [0.5, 0.6) is 0 Å². The maximum atomic E-state index is 12.3. The molecule has 3 nitrogen and oxygen atoms in total. The fraction of sp³-hybridized carbons (Fsp3) is 0.438. The van der Waals surface area contributed by atoms with E-state index < -0.39 is 0 Å². The van der Waals surface area contributed by atoms with Gasteiger partial charge in [-0.25, -0.2) is 0 Å². The van der Waals surface area contributed by atoms with Crippen LogP contribution in [0.4, 0.5) is 0 Å². The zero-order valence-corrected chi connectivity index (χ0v) is 11.0. The van der Waals surface area contributed by atoms with Gasteiger partial charge in [-0.2, -0.15) is 0 Å².